The van der Waals surface area contributed by atoms with Gasteiger partial charge >= 0.3 is 19.7 Å². The fraction of sp³-hybridized carbons (Fsp3) is 0.529. The Bertz CT molecular complexity index is 1090. The summed E-state index contributed by atoms with van der Waals surface area (Å²) in [5.74, 6) is -2.17. The Balaban J connectivity index is 1.97. The maximum atomic E-state index is 12.8. The molecule has 1 fully saturated rings. The average molecular weight is 464 g/mol. The number of carbonyl (C=O) groups is 1. The van der Waals surface area contributed by atoms with Crippen LogP contribution in [-0.2, 0) is 4.57 Å². The predicted octanol–water partition coefficient (Wildman–Crippen LogP) is 1.79. The molecule has 0 aromatic carbocycles. The van der Waals surface area contributed by atoms with Crippen LogP contribution < -0.4 is 15.2 Å². The van der Waals surface area contributed by atoms with E-state index in [1.54, 1.807) is 4.90 Å². The number of fused-ring (bicyclic) bond motifs is 1. The number of piperidine rings is 1. The van der Waals surface area contributed by atoms with Gasteiger partial charge in [-0.05, 0) is 25.2 Å². The number of ether oxygens (including phenoxy) is 1. The van der Waals surface area contributed by atoms with E-state index in [1.807, 2.05) is 0 Å². The summed E-state index contributed by atoms with van der Waals surface area (Å²) in [6, 6.07) is 1.34. The maximum Gasteiger partial charge on any atom is 0.473 e. The second-order valence-electron chi connectivity index (χ2n) is 7.22. The van der Waals surface area contributed by atoms with Crippen molar-refractivity contribution in [3.63, 3.8) is 0 Å². The monoisotopic (exact) mass is 464 g/mol. The van der Waals surface area contributed by atoms with Gasteiger partial charge in [-0.15, -0.1) is 0 Å². The third-order valence-corrected chi connectivity index (χ3v) is 5.95. The van der Waals surface area contributed by atoms with Crippen LogP contribution in [0.25, 0.3) is 10.8 Å². The highest BCUT2D eigenvalue weighted by Crippen LogP contribution is 2.38. The highest BCUT2D eigenvalue weighted by molar-refractivity contribution is 7.51. The summed E-state index contributed by atoms with van der Waals surface area (Å²) in [6.07, 6.45) is -3.11. The number of hydrogen-bond donors (Lipinski definition) is 2. The highest BCUT2D eigenvalue weighted by Gasteiger charge is 2.42. The molecule has 0 radical (unpaired) electrons. The van der Waals surface area contributed by atoms with Crippen LogP contribution in [0.3, 0.4) is 0 Å². The van der Waals surface area contributed by atoms with Gasteiger partial charge in [-0.25, -0.2) is 0 Å². The molecule has 14 heteroatoms. The molecule has 2 aromatic rings. The van der Waals surface area contributed by atoms with Gasteiger partial charge in [0.2, 0.25) is 5.88 Å². The topological polar surface area (TPSA) is 135 Å². The SMILES string of the molecule is COc1cc2cnn(C(=O)C(F)(F)F)c(=O)c2c(N2CCC(CCP(=O)(O)O)CC2)n1. The quantitative estimate of drug-likeness (QED) is 0.635. The van der Waals surface area contributed by atoms with Crippen molar-refractivity contribution in [3.8, 4) is 5.88 Å². The minimum atomic E-state index is -5.28. The molecule has 1 aliphatic rings. The smallest absolute Gasteiger partial charge is 0.473 e. The molecule has 2 N–H and O–H groups in total. The van der Waals surface area contributed by atoms with Crippen molar-refractivity contribution in [2.24, 2.45) is 5.92 Å². The number of anilines is 1. The molecule has 0 bridgehead atoms. The Morgan fingerprint density at radius 1 is 1.32 bits per heavy atom. The summed E-state index contributed by atoms with van der Waals surface area (Å²) >= 11 is 0. The number of aromatic nitrogens is 3. The second kappa shape index (κ2) is 8.56. The van der Waals surface area contributed by atoms with E-state index in [-0.39, 0.29) is 39.2 Å². The van der Waals surface area contributed by atoms with Crippen molar-refractivity contribution in [1.82, 2.24) is 14.8 Å². The van der Waals surface area contributed by atoms with E-state index >= 15 is 0 Å². The summed E-state index contributed by atoms with van der Waals surface area (Å²) in [6.45, 7) is 0.714. The van der Waals surface area contributed by atoms with Crippen LogP contribution in [0.4, 0.5) is 19.0 Å². The normalized spacial score (nSPS) is 16.0. The van der Waals surface area contributed by atoms with Gasteiger partial charge in [-0.2, -0.15) is 27.9 Å². The molecule has 1 saturated heterocycles. The molecule has 0 aliphatic carbocycles. The Hall–Kier alpha value is -2.50. The van der Waals surface area contributed by atoms with E-state index in [4.69, 9.17) is 14.5 Å². The summed E-state index contributed by atoms with van der Waals surface area (Å²) in [7, 11) is -2.76. The van der Waals surface area contributed by atoms with E-state index in [2.05, 4.69) is 10.1 Å². The van der Waals surface area contributed by atoms with Crippen LogP contribution in [0.15, 0.2) is 17.1 Å². The molecule has 0 saturated carbocycles. The fourth-order valence-corrected chi connectivity index (χ4v) is 4.21. The maximum absolute atomic E-state index is 12.8. The molecular weight excluding hydrogens is 444 g/mol. The Morgan fingerprint density at radius 2 is 1.97 bits per heavy atom. The molecule has 0 unspecified atom stereocenters. The van der Waals surface area contributed by atoms with Crippen LogP contribution >= 0.6 is 7.60 Å². The zero-order valence-electron chi connectivity index (χ0n) is 16.4. The first-order valence-electron chi connectivity index (χ1n) is 9.29. The second-order valence-corrected chi connectivity index (χ2v) is 9.00. The summed E-state index contributed by atoms with van der Waals surface area (Å²) < 4.78 is 54.5. The van der Waals surface area contributed by atoms with Crippen molar-refractivity contribution in [1.29, 1.82) is 0 Å². The van der Waals surface area contributed by atoms with Crippen molar-refractivity contribution < 1.29 is 37.1 Å². The van der Waals surface area contributed by atoms with Crippen LogP contribution in [0, 0.1) is 5.92 Å². The van der Waals surface area contributed by atoms with Crippen LogP contribution in [0.5, 0.6) is 5.88 Å². The number of nitrogens with zero attached hydrogens (tertiary/aromatic N) is 4. The molecular formula is C17H20F3N4O6P. The van der Waals surface area contributed by atoms with Crippen molar-refractivity contribution in [2.45, 2.75) is 25.4 Å². The Labute approximate surface area is 173 Å². The molecule has 1 aliphatic heterocycles. The lowest BCUT2D eigenvalue weighted by Gasteiger charge is -2.33. The van der Waals surface area contributed by atoms with Gasteiger partial charge < -0.3 is 19.4 Å². The zero-order chi connectivity index (χ0) is 23.0. The summed E-state index contributed by atoms with van der Waals surface area (Å²) in [5.41, 5.74) is -1.24. The molecule has 10 nitrogen and oxygen atoms in total. The molecule has 0 amide bonds. The van der Waals surface area contributed by atoms with Gasteiger partial charge in [0, 0.05) is 24.5 Å². The zero-order valence-corrected chi connectivity index (χ0v) is 17.3. The van der Waals surface area contributed by atoms with E-state index in [0.29, 0.717) is 32.4 Å². The number of hydrogen-bond acceptors (Lipinski definition) is 7. The molecule has 0 spiro atoms. The lowest BCUT2D eigenvalue weighted by molar-refractivity contribution is -0.0959. The summed E-state index contributed by atoms with van der Waals surface area (Å²) in [4.78, 5) is 48.3. The van der Waals surface area contributed by atoms with E-state index in [1.165, 1.54) is 13.2 Å². The molecule has 0 atom stereocenters. The van der Waals surface area contributed by atoms with E-state index in [9.17, 15) is 27.3 Å². The first-order chi connectivity index (χ1) is 14.4. The number of pyridine rings is 1. The molecule has 2 aromatic heterocycles. The highest BCUT2D eigenvalue weighted by atomic mass is 31.2. The molecule has 31 heavy (non-hydrogen) atoms. The average Bonchev–Trinajstić information content (AvgIpc) is 2.70. The van der Waals surface area contributed by atoms with Crippen LogP contribution in [-0.4, -0.2) is 63.0 Å². The number of halogens is 3. The first kappa shape index (κ1) is 23.2. The van der Waals surface area contributed by atoms with Gasteiger partial charge in [-0.3, -0.25) is 14.2 Å². The molecule has 3 rings (SSSR count). The van der Waals surface area contributed by atoms with Gasteiger partial charge in [0.25, 0.3) is 5.56 Å². The molecule has 170 valence electrons. The minimum absolute atomic E-state index is 0.0471. The Kier molecular flexibility index (Phi) is 6.40. The predicted molar refractivity (Wildman–Crippen MR) is 103 cm³/mol. The molecule has 3 heterocycles. The van der Waals surface area contributed by atoms with Gasteiger partial charge in [0.15, 0.2) is 0 Å². The number of alkyl halides is 3. The third kappa shape index (κ3) is 5.23. The van der Waals surface area contributed by atoms with Gasteiger partial charge in [0.1, 0.15) is 5.82 Å². The lowest BCUT2D eigenvalue weighted by atomic mass is 9.94. The van der Waals surface area contributed by atoms with Crippen LogP contribution in [0.2, 0.25) is 0 Å². The van der Waals surface area contributed by atoms with Crippen LogP contribution in [0.1, 0.15) is 24.1 Å². The summed E-state index contributed by atoms with van der Waals surface area (Å²) in [5, 5.41) is 3.33. The standard InChI is InChI=1S/C17H20F3N4O6P/c1-30-12-8-11-9-21-24(16(26)17(18,19)20)15(25)13(11)14(22-12)23-5-2-10(3-6-23)4-7-31(27,28)29/h8-10H,2-7H2,1H3,(H2,27,28,29). The first-order valence-corrected chi connectivity index (χ1v) is 11.1. The minimum Gasteiger partial charge on any atom is -0.481 e. The fourth-order valence-electron chi connectivity index (χ4n) is 3.51. The van der Waals surface area contributed by atoms with Gasteiger partial charge in [-0.1, -0.05) is 0 Å². The van der Waals surface area contributed by atoms with Crippen molar-refractivity contribution >= 4 is 30.1 Å². The lowest BCUT2D eigenvalue weighted by Crippen LogP contribution is -2.40. The Morgan fingerprint density at radius 3 is 2.52 bits per heavy atom. The van der Waals surface area contributed by atoms with Crippen molar-refractivity contribution in [2.75, 3.05) is 31.3 Å². The van der Waals surface area contributed by atoms with E-state index < -0.39 is 25.2 Å². The largest absolute Gasteiger partial charge is 0.481 e. The number of rotatable bonds is 5. The van der Waals surface area contributed by atoms with Gasteiger partial charge in [0.05, 0.1) is 24.9 Å². The number of methoxy groups -OCH3 is 1. The number of carbonyl (C=O) groups excluding carboxylic acids is 1. The van der Waals surface area contributed by atoms with Crippen molar-refractivity contribution in [3.05, 3.63) is 22.6 Å². The third-order valence-electron chi connectivity index (χ3n) is 5.11. The van der Waals surface area contributed by atoms with E-state index in [0.717, 1.165) is 6.20 Å².